The van der Waals surface area contributed by atoms with E-state index in [4.69, 9.17) is 4.74 Å². The zero-order chi connectivity index (χ0) is 16.2. The predicted molar refractivity (Wildman–Crippen MR) is 91.6 cm³/mol. The Morgan fingerprint density at radius 1 is 0.913 bits per heavy atom. The lowest BCUT2D eigenvalue weighted by molar-refractivity contribution is 0.111. The van der Waals surface area contributed by atoms with Crippen LogP contribution in [-0.2, 0) is 0 Å². The van der Waals surface area contributed by atoms with E-state index in [1.807, 2.05) is 67.3 Å². The van der Waals surface area contributed by atoms with Crippen molar-refractivity contribution in [3.05, 3.63) is 78.9 Å². The first-order chi connectivity index (χ1) is 11.4. The van der Waals surface area contributed by atoms with Crippen LogP contribution < -0.4 is 4.74 Å². The summed E-state index contributed by atoms with van der Waals surface area (Å²) in [6, 6.07) is 15.1. The highest BCUT2D eigenvalue weighted by molar-refractivity contribution is 5.79. The van der Waals surface area contributed by atoms with Crippen molar-refractivity contribution in [3.8, 4) is 5.75 Å². The second kappa shape index (κ2) is 10.1. The Kier molecular flexibility index (Phi) is 7.27. The average molecular weight is 310 g/mol. The van der Waals surface area contributed by atoms with Crippen LogP contribution in [0.5, 0.6) is 5.75 Å². The maximum Gasteiger partial charge on any atom is 0.153 e. The maximum atomic E-state index is 10.6. The molecule has 4 heteroatoms. The summed E-state index contributed by atoms with van der Waals surface area (Å²) in [5.41, 5.74) is 0.642. The van der Waals surface area contributed by atoms with Gasteiger partial charge in [-0.25, -0.2) is 0 Å². The fourth-order valence-corrected chi connectivity index (χ4v) is 1.76. The average Bonchev–Trinajstić information content (AvgIpc) is 3.08. The first kappa shape index (κ1) is 16.6. The molecule has 1 aromatic carbocycles. The molecule has 0 bridgehead atoms. The van der Waals surface area contributed by atoms with Gasteiger partial charge in [0.05, 0.1) is 12.2 Å². The Morgan fingerprint density at radius 3 is 1.91 bits per heavy atom. The molecular weight excluding hydrogens is 288 g/mol. The molecule has 0 atom stereocenters. The highest BCUT2D eigenvalue weighted by atomic mass is 16.5. The predicted octanol–water partition coefficient (Wildman–Crippen LogP) is 4.32. The SMILES string of the molecule is O=Cc1ccccc1OCC1CC1.c1cc[nH]c1.c1cc[nH]c1. The van der Waals surface area contributed by atoms with Gasteiger partial charge >= 0.3 is 0 Å². The van der Waals surface area contributed by atoms with E-state index in [-0.39, 0.29) is 0 Å². The highest BCUT2D eigenvalue weighted by Crippen LogP contribution is 2.30. The van der Waals surface area contributed by atoms with Gasteiger partial charge in [-0.05, 0) is 55.2 Å². The molecule has 1 aliphatic carbocycles. The molecule has 2 aromatic heterocycles. The Morgan fingerprint density at radius 2 is 1.48 bits per heavy atom. The van der Waals surface area contributed by atoms with Crippen LogP contribution in [0.3, 0.4) is 0 Å². The quantitative estimate of drug-likeness (QED) is 0.705. The molecule has 1 aliphatic rings. The largest absolute Gasteiger partial charge is 0.493 e. The van der Waals surface area contributed by atoms with E-state index < -0.39 is 0 Å². The number of para-hydroxylation sites is 1. The van der Waals surface area contributed by atoms with E-state index in [1.165, 1.54) is 12.8 Å². The number of aldehydes is 1. The fraction of sp³-hybridized carbons (Fsp3) is 0.211. The topological polar surface area (TPSA) is 57.9 Å². The zero-order valence-corrected chi connectivity index (χ0v) is 13.0. The second-order valence-corrected chi connectivity index (χ2v) is 5.18. The first-order valence-electron chi connectivity index (χ1n) is 7.72. The third-order valence-corrected chi connectivity index (χ3v) is 3.21. The molecule has 2 N–H and O–H groups in total. The van der Waals surface area contributed by atoms with Gasteiger partial charge in [-0.15, -0.1) is 0 Å². The van der Waals surface area contributed by atoms with Gasteiger partial charge in [0.25, 0.3) is 0 Å². The molecule has 0 unspecified atom stereocenters. The number of H-pyrrole nitrogens is 2. The molecule has 4 rings (SSSR count). The lowest BCUT2D eigenvalue weighted by atomic mass is 10.2. The summed E-state index contributed by atoms with van der Waals surface area (Å²) >= 11 is 0. The molecule has 0 amide bonds. The van der Waals surface area contributed by atoms with Gasteiger partial charge in [0.1, 0.15) is 5.75 Å². The van der Waals surface area contributed by atoms with Crippen LogP contribution >= 0.6 is 0 Å². The number of aromatic nitrogens is 2. The van der Waals surface area contributed by atoms with Crippen LogP contribution in [0.15, 0.2) is 73.3 Å². The van der Waals surface area contributed by atoms with Gasteiger partial charge in [0.15, 0.2) is 6.29 Å². The Hall–Kier alpha value is -2.75. The lowest BCUT2D eigenvalue weighted by Crippen LogP contribution is -2.00. The molecule has 120 valence electrons. The summed E-state index contributed by atoms with van der Waals surface area (Å²) in [5, 5.41) is 0. The standard InChI is InChI=1S/C11H12O2.2C4H5N/c12-7-10-3-1-2-4-11(10)13-8-9-5-6-9;2*1-2-4-5-3-1/h1-4,7,9H,5-6,8H2;2*1-5H. The van der Waals surface area contributed by atoms with E-state index in [2.05, 4.69) is 9.97 Å². The van der Waals surface area contributed by atoms with Gasteiger partial charge in [0.2, 0.25) is 0 Å². The van der Waals surface area contributed by atoms with Crippen molar-refractivity contribution in [2.24, 2.45) is 5.92 Å². The first-order valence-corrected chi connectivity index (χ1v) is 7.72. The van der Waals surface area contributed by atoms with Crippen LogP contribution in [0.2, 0.25) is 0 Å². The molecule has 0 radical (unpaired) electrons. The summed E-state index contributed by atoms with van der Waals surface area (Å²) in [6.07, 6.45) is 10.9. The summed E-state index contributed by atoms with van der Waals surface area (Å²) in [7, 11) is 0. The minimum absolute atomic E-state index is 0.642. The Bertz CT molecular complexity index is 569. The summed E-state index contributed by atoms with van der Waals surface area (Å²) in [4.78, 5) is 16.3. The minimum atomic E-state index is 0.642. The molecule has 2 heterocycles. The van der Waals surface area contributed by atoms with E-state index >= 15 is 0 Å². The molecule has 1 fully saturated rings. The van der Waals surface area contributed by atoms with Gasteiger partial charge in [-0.1, -0.05) is 12.1 Å². The molecular formula is C19H22N2O2. The number of carbonyl (C=O) groups is 1. The second-order valence-electron chi connectivity index (χ2n) is 5.18. The molecule has 23 heavy (non-hydrogen) atoms. The summed E-state index contributed by atoms with van der Waals surface area (Å²) in [5.74, 6) is 1.43. The number of benzene rings is 1. The normalized spacial score (nSPS) is 12.2. The van der Waals surface area contributed by atoms with Crippen molar-refractivity contribution >= 4 is 6.29 Å². The smallest absolute Gasteiger partial charge is 0.153 e. The van der Waals surface area contributed by atoms with Gasteiger partial charge in [0, 0.05) is 24.8 Å². The Labute approximate surface area is 136 Å². The van der Waals surface area contributed by atoms with E-state index in [0.29, 0.717) is 11.3 Å². The monoisotopic (exact) mass is 310 g/mol. The zero-order valence-electron chi connectivity index (χ0n) is 13.0. The number of carbonyl (C=O) groups excluding carboxylic acids is 1. The molecule has 0 saturated heterocycles. The van der Waals surface area contributed by atoms with Gasteiger partial charge in [-0.3, -0.25) is 4.79 Å². The Balaban J connectivity index is 0.000000156. The van der Waals surface area contributed by atoms with Crippen molar-refractivity contribution in [1.82, 2.24) is 9.97 Å². The van der Waals surface area contributed by atoms with E-state index in [9.17, 15) is 4.79 Å². The number of hydrogen-bond acceptors (Lipinski definition) is 2. The van der Waals surface area contributed by atoms with Crippen molar-refractivity contribution in [2.75, 3.05) is 6.61 Å². The van der Waals surface area contributed by atoms with Crippen molar-refractivity contribution in [1.29, 1.82) is 0 Å². The molecule has 0 aliphatic heterocycles. The van der Waals surface area contributed by atoms with Gasteiger partial charge in [-0.2, -0.15) is 0 Å². The number of aromatic amines is 2. The molecule has 0 spiro atoms. The third-order valence-electron chi connectivity index (χ3n) is 3.21. The summed E-state index contributed by atoms with van der Waals surface area (Å²) < 4.78 is 5.52. The third kappa shape index (κ3) is 7.18. The van der Waals surface area contributed by atoms with Crippen molar-refractivity contribution in [2.45, 2.75) is 12.8 Å². The molecule has 4 nitrogen and oxygen atoms in total. The number of hydrogen-bond donors (Lipinski definition) is 2. The molecule has 1 saturated carbocycles. The molecule has 3 aromatic rings. The van der Waals surface area contributed by atoms with Crippen LogP contribution in [-0.4, -0.2) is 22.9 Å². The summed E-state index contributed by atoms with van der Waals surface area (Å²) in [6.45, 7) is 0.755. The minimum Gasteiger partial charge on any atom is -0.493 e. The lowest BCUT2D eigenvalue weighted by Gasteiger charge is -2.06. The van der Waals surface area contributed by atoms with Crippen LogP contribution in [0.25, 0.3) is 0 Å². The van der Waals surface area contributed by atoms with Crippen LogP contribution in [0, 0.1) is 5.92 Å². The van der Waals surface area contributed by atoms with Gasteiger partial charge < -0.3 is 14.7 Å². The van der Waals surface area contributed by atoms with Crippen molar-refractivity contribution < 1.29 is 9.53 Å². The van der Waals surface area contributed by atoms with E-state index in [0.717, 1.165) is 18.8 Å². The number of ether oxygens (including phenoxy) is 1. The van der Waals surface area contributed by atoms with Crippen LogP contribution in [0.4, 0.5) is 0 Å². The number of rotatable bonds is 4. The van der Waals surface area contributed by atoms with Crippen LogP contribution in [0.1, 0.15) is 23.2 Å². The highest BCUT2D eigenvalue weighted by Gasteiger charge is 2.22. The maximum absolute atomic E-state index is 10.6. The fourth-order valence-electron chi connectivity index (χ4n) is 1.76. The van der Waals surface area contributed by atoms with Crippen molar-refractivity contribution in [3.63, 3.8) is 0 Å². The van der Waals surface area contributed by atoms with E-state index in [1.54, 1.807) is 6.07 Å². The number of nitrogens with one attached hydrogen (secondary N) is 2.